The van der Waals surface area contributed by atoms with Gasteiger partial charge in [-0.05, 0) is 74.2 Å². The number of benzene rings is 3. The standard InChI is InChI=1S/C33H36ClF4N3O4S/c1-3-30(32(43)39-25-7-5-4-6-8-25)40(20-23-11-13-24(35)14-12-23)31(42)21-41(46(44,45)27-16-9-22(2)10-17-27)26-15-18-29(34)28(19-26)33(36,37)38/h9-19,25,30H,3-8,20-21H2,1-2H3,(H,39,43)/t30-/m1/s1. The molecular formula is C33H36ClF4N3O4S. The first-order valence-corrected chi connectivity index (χ1v) is 16.8. The van der Waals surface area contributed by atoms with Gasteiger partial charge in [0.2, 0.25) is 11.8 Å². The summed E-state index contributed by atoms with van der Waals surface area (Å²) in [6, 6.07) is 12.4. The van der Waals surface area contributed by atoms with Crippen molar-refractivity contribution in [3.63, 3.8) is 0 Å². The number of alkyl halides is 3. The van der Waals surface area contributed by atoms with Crippen LogP contribution in [-0.2, 0) is 32.3 Å². The van der Waals surface area contributed by atoms with Crippen molar-refractivity contribution in [3.05, 3.63) is 94.3 Å². The van der Waals surface area contributed by atoms with Gasteiger partial charge >= 0.3 is 6.18 Å². The van der Waals surface area contributed by atoms with Crippen molar-refractivity contribution in [3.8, 4) is 0 Å². The Balaban J connectivity index is 1.77. The summed E-state index contributed by atoms with van der Waals surface area (Å²) in [5.41, 5.74) is -0.498. The number of hydrogen-bond acceptors (Lipinski definition) is 4. The van der Waals surface area contributed by atoms with Crippen molar-refractivity contribution in [2.24, 2.45) is 0 Å². The summed E-state index contributed by atoms with van der Waals surface area (Å²) in [5.74, 6) is -1.78. The molecule has 2 amide bonds. The number of nitrogens with one attached hydrogen (secondary N) is 1. The van der Waals surface area contributed by atoms with Crippen molar-refractivity contribution < 1.29 is 35.6 Å². The zero-order valence-corrected chi connectivity index (χ0v) is 27.1. The second kappa shape index (κ2) is 14.8. The number of halogens is 5. The highest BCUT2D eigenvalue weighted by Gasteiger charge is 2.37. The minimum absolute atomic E-state index is 0.0775. The van der Waals surface area contributed by atoms with E-state index in [0.717, 1.165) is 49.8 Å². The Labute approximate surface area is 271 Å². The van der Waals surface area contributed by atoms with Crippen LogP contribution in [0.25, 0.3) is 0 Å². The maximum absolute atomic E-state index is 14.2. The van der Waals surface area contributed by atoms with Gasteiger partial charge in [0, 0.05) is 12.6 Å². The number of rotatable bonds is 11. The van der Waals surface area contributed by atoms with Gasteiger partial charge in [-0.3, -0.25) is 13.9 Å². The second-order valence-electron chi connectivity index (χ2n) is 11.4. The molecule has 0 bridgehead atoms. The lowest BCUT2D eigenvalue weighted by atomic mass is 9.95. The van der Waals surface area contributed by atoms with Crippen LogP contribution in [-0.4, -0.2) is 43.8 Å². The molecule has 0 aliphatic heterocycles. The number of carbonyl (C=O) groups is 2. The van der Waals surface area contributed by atoms with Crippen molar-refractivity contribution in [1.82, 2.24) is 10.2 Å². The number of carbonyl (C=O) groups excluding carboxylic acids is 2. The van der Waals surface area contributed by atoms with E-state index in [0.29, 0.717) is 15.9 Å². The third-order valence-corrected chi connectivity index (χ3v) is 10.2. The highest BCUT2D eigenvalue weighted by atomic mass is 35.5. The fourth-order valence-electron chi connectivity index (χ4n) is 5.50. The summed E-state index contributed by atoms with van der Waals surface area (Å²) in [7, 11) is -4.60. The summed E-state index contributed by atoms with van der Waals surface area (Å²) in [4.78, 5) is 28.7. The van der Waals surface area contributed by atoms with E-state index in [1.54, 1.807) is 13.8 Å². The van der Waals surface area contributed by atoms with Crippen LogP contribution in [0, 0.1) is 12.7 Å². The lowest BCUT2D eigenvalue weighted by Gasteiger charge is -2.34. The number of hydrogen-bond donors (Lipinski definition) is 1. The van der Waals surface area contributed by atoms with Crippen molar-refractivity contribution in [2.45, 2.75) is 82.1 Å². The normalized spacial score (nSPS) is 14.8. The fourth-order valence-corrected chi connectivity index (χ4v) is 7.13. The highest BCUT2D eigenvalue weighted by Crippen LogP contribution is 2.38. The predicted octanol–water partition coefficient (Wildman–Crippen LogP) is 7.26. The zero-order valence-electron chi connectivity index (χ0n) is 25.5. The molecule has 1 aliphatic carbocycles. The summed E-state index contributed by atoms with van der Waals surface area (Å²) in [6.45, 7) is 2.33. The van der Waals surface area contributed by atoms with E-state index in [4.69, 9.17) is 11.6 Å². The van der Waals surface area contributed by atoms with Crippen LogP contribution in [0.15, 0.2) is 71.6 Å². The largest absolute Gasteiger partial charge is 0.417 e. The lowest BCUT2D eigenvalue weighted by Crippen LogP contribution is -2.54. The summed E-state index contributed by atoms with van der Waals surface area (Å²) in [5, 5.41) is 2.37. The van der Waals surface area contributed by atoms with E-state index in [1.165, 1.54) is 53.4 Å². The minimum Gasteiger partial charge on any atom is -0.352 e. The first-order valence-electron chi connectivity index (χ1n) is 15.0. The van der Waals surface area contributed by atoms with Crippen molar-refractivity contribution in [1.29, 1.82) is 0 Å². The number of amides is 2. The van der Waals surface area contributed by atoms with Gasteiger partial charge in [-0.15, -0.1) is 0 Å². The molecule has 0 radical (unpaired) electrons. The van der Waals surface area contributed by atoms with Gasteiger partial charge < -0.3 is 10.2 Å². The number of aryl methyl sites for hydroxylation is 1. The molecule has 0 spiro atoms. The molecule has 0 unspecified atom stereocenters. The van der Waals surface area contributed by atoms with Gasteiger partial charge in [0.05, 0.1) is 21.2 Å². The maximum atomic E-state index is 14.2. The van der Waals surface area contributed by atoms with Crippen molar-refractivity contribution >= 4 is 39.1 Å². The fraction of sp³-hybridized carbons (Fsp3) is 0.394. The Morgan fingerprint density at radius 2 is 1.61 bits per heavy atom. The average molecular weight is 682 g/mol. The molecule has 4 rings (SSSR count). The van der Waals surface area contributed by atoms with Crippen LogP contribution in [0.3, 0.4) is 0 Å². The van der Waals surface area contributed by atoms with Gasteiger partial charge in [-0.1, -0.05) is 67.6 Å². The molecule has 1 saturated carbocycles. The molecular weight excluding hydrogens is 646 g/mol. The minimum atomic E-state index is -4.91. The Bertz CT molecular complexity index is 1630. The quantitative estimate of drug-likeness (QED) is 0.216. The predicted molar refractivity (Wildman–Crippen MR) is 168 cm³/mol. The first kappa shape index (κ1) is 35.2. The summed E-state index contributed by atoms with van der Waals surface area (Å²) >= 11 is 5.83. The molecule has 13 heteroatoms. The molecule has 248 valence electrons. The SMILES string of the molecule is CC[C@H](C(=O)NC1CCCCC1)N(Cc1ccc(F)cc1)C(=O)CN(c1ccc(Cl)c(C(F)(F)F)c1)S(=O)(=O)c1ccc(C)cc1. The molecule has 0 aromatic heterocycles. The Hall–Kier alpha value is -3.64. The molecule has 1 aliphatic rings. The van der Waals surface area contributed by atoms with E-state index in [1.807, 2.05) is 0 Å². The Morgan fingerprint density at radius 1 is 0.978 bits per heavy atom. The number of anilines is 1. The van der Waals surface area contributed by atoms with Crippen LogP contribution in [0.4, 0.5) is 23.2 Å². The van der Waals surface area contributed by atoms with Crippen molar-refractivity contribution in [2.75, 3.05) is 10.8 Å². The van der Waals surface area contributed by atoms with Gasteiger partial charge in [-0.25, -0.2) is 12.8 Å². The Kier molecular flexibility index (Phi) is 11.4. The first-order chi connectivity index (χ1) is 21.7. The second-order valence-corrected chi connectivity index (χ2v) is 13.7. The van der Waals surface area contributed by atoms with Gasteiger partial charge in [-0.2, -0.15) is 13.2 Å². The molecule has 3 aromatic carbocycles. The van der Waals surface area contributed by atoms with Gasteiger partial charge in [0.25, 0.3) is 10.0 Å². The van der Waals surface area contributed by atoms with Crippen LogP contribution in [0.1, 0.15) is 62.1 Å². The molecule has 3 aromatic rings. The summed E-state index contributed by atoms with van der Waals surface area (Å²) < 4.78 is 83.9. The van der Waals surface area contributed by atoms with E-state index >= 15 is 0 Å². The smallest absolute Gasteiger partial charge is 0.352 e. The third kappa shape index (κ3) is 8.58. The van der Waals surface area contributed by atoms with Gasteiger partial charge in [0.15, 0.2) is 0 Å². The maximum Gasteiger partial charge on any atom is 0.417 e. The molecule has 0 saturated heterocycles. The van der Waals surface area contributed by atoms with E-state index < -0.39 is 62.7 Å². The average Bonchev–Trinajstić information content (AvgIpc) is 3.01. The van der Waals surface area contributed by atoms with Crippen LogP contribution < -0.4 is 9.62 Å². The number of sulfonamides is 1. The highest BCUT2D eigenvalue weighted by molar-refractivity contribution is 7.92. The Morgan fingerprint density at radius 3 is 2.20 bits per heavy atom. The van der Waals surface area contributed by atoms with E-state index in [-0.39, 0.29) is 23.9 Å². The zero-order chi connectivity index (χ0) is 33.6. The van der Waals surface area contributed by atoms with Crippen LogP contribution in [0.5, 0.6) is 0 Å². The monoisotopic (exact) mass is 681 g/mol. The van der Waals surface area contributed by atoms with Gasteiger partial charge in [0.1, 0.15) is 18.4 Å². The molecule has 1 atom stereocenters. The van der Waals surface area contributed by atoms with Crippen LogP contribution in [0.2, 0.25) is 5.02 Å². The van der Waals surface area contributed by atoms with Crippen LogP contribution >= 0.6 is 11.6 Å². The topological polar surface area (TPSA) is 86.8 Å². The van der Waals surface area contributed by atoms with E-state index in [9.17, 15) is 35.6 Å². The molecule has 46 heavy (non-hydrogen) atoms. The van der Waals surface area contributed by atoms with E-state index in [2.05, 4.69) is 5.32 Å². The molecule has 0 heterocycles. The lowest BCUT2D eigenvalue weighted by molar-refractivity contribution is -0.140. The summed E-state index contributed by atoms with van der Waals surface area (Å²) in [6.07, 6.45) is -0.210. The molecule has 1 fully saturated rings. The third-order valence-electron chi connectivity index (χ3n) is 8.03. The molecule has 1 N–H and O–H groups in total. The molecule has 7 nitrogen and oxygen atoms in total. The number of nitrogens with zero attached hydrogens (tertiary/aromatic N) is 2.